The van der Waals surface area contributed by atoms with Crippen molar-refractivity contribution in [2.45, 2.75) is 6.92 Å². The number of rotatable bonds is 6. The predicted molar refractivity (Wildman–Crippen MR) is 116 cm³/mol. The van der Waals surface area contributed by atoms with E-state index in [9.17, 15) is 14.4 Å². The average molecular weight is 424 g/mol. The summed E-state index contributed by atoms with van der Waals surface area (Å²) in [7, 11) is 2.89. The first-order chi connectivity index (χ1) is 14.4. The summed E-state index contributed by atoms with van der Waals surface area (Å²) in [4.78, 5) is 37.3. The summed E-state index contributed by atoms with van der Waals surface area (Å²) >= 11 is 1.09. The molecule has 30 heavy (non-hydrogen) atoms. The van der Waals surface area contributed by atoms with Gasteiger partial charge in [0.25, 0.3) is 11.8 Å². The van der Waals surface area contributed by atoms with Crippen molar-refractivity contribution in [2.75, 3.05) is 24.9 Å². The van der Waals surface area contributed by atoms with E-state index in [0.717, 1.165) is 16.9 Å². The monoisotopic (exact) mass is 424 g/mol. The molecule has 0 fully saturated rings. The smallest absolute Gasteiger partial charge is 0.337 e. The fourth-order valence-electron chi connectivity index (χ4n) is 2.67. The number of aryl methyl sites for hydroxylation is 1. The van der Waals surface area contributed by atoms with Gasteiger partial charge in [-0.1, -0.05) is 0 Å². The molecule has 0 atom stereocenters. The molecule has 2 N–H and O–H groups in total. The Morgan fingerprint density at radius 1 is 0.833 bits per heavy atom. The molecule has 0 bridgehead atoms. The number of benzene rings is 2. The summed E-state index contributed by atoms with van der Waals surface area (Å²) in [6.07, 6.45) is 0. The highest BCUT2D eigenvalue weighted by atomic mass is 32.1. The van der Waals surface area contributed by atoms with Crippen molar-refractivity contribution in [2.24, 2.45) is 0 Å². The molecule has 0 spiro atoms. The van der Waals surface area contributed by atoms with E-state index in [1.165, 1.54) is 7.11 Å². The number of nitrogens with one attached hydrogen (secondary N) is 2. The SMILES string of the molecule is COC(=O)c1ccc(NC(=O)c2ccc(C(=O)Nc3ccc(OC)cc3C)s2)cc1. The first kappa shape index (κ1) is 21.1. The summed E-state index contributed by atoms with van der Waals surface area (Å²) in [5.74, 6) is -0.380. The Morgan fingerprint density at radius 2 is 1.47 bits per heavy atom. The van der Waals surface area contributed by atoms with Gasteiger partial charge in [-0.05, 0) is 67.1 Å². The van der Waals surface area contributed by atoms with E-state index in [-0.39, 0.29) is 11.8 Å². The molecule has 2 amide bonds. The zero-order chi connectivity index (χ0) is 21.7. The van der Waals surface area contributed by atoms with Crippen molar-refractivity contribution in [1.29, 1.82) is 0 Å². The van der Waals surface area contributed by atoms with Crippen LogP contribution >= 0.6 is 11.3 Å². The largest absolute Gasteiger partial charge is 0.497 e. The van der Waals surface area contributed by atoms with Gasteiger partial charge >= 0.3 is 5.97 Å². The standard InChI is InChI=1S/C22H20N2O5S/c1-13-12-16(28-2)8-9-17(13)24-21(26)19-11-10-18(30-19)20(25)23-15-6-4-14(5-7-15)22(27)29-3/h4-12H,1-3H3,(H,23,25)(H,24,26). The van der Waals surface area contributed by atoms with E-state index in [1.54, 1.807) is 55.6 Å². The van der Waals surface area contributed by atoms with Crippen molar-refractivity contribution in [1.82, 2.24) is 0 Å². The number of ether oxygens (including phenoxy) is 2. The number of anilines is 2. The van der Waals surface area contributed by atoms with E-state index < -0.39 is 5.97 Å². The van der Waals surface area contributed by atoms with Crippen LogP contribution in [0, 0.1) is 6.92 Å². The highest BCUT2D eigenvalue weighted by Crippen LogP contribution is 2.24. The number of esters is 1. The van der Waals surface area contributed by atoms with Crippen LogP contribution in [0.3, 0.4) is 0 Å². The van der Waals surface area contributed by atoms with Crippen molar-refractivity contribution in [3.8, 4) is 5.75 Å². The lowest BCUT2D eigenvalue weighted by atomic mass is 10.2. The van der Waals surface area contributed by atoms with Crippen LogP contribution in [0.2, 0.25) is 0 Å². The van der Waals surface area contributed by atoms with Gasteiger partial charge in [0.2, 0.25) is 0 Å². The summed E-state index contributed by atoms with van der Waals surface area (Å²) in [5, 5.41) is 5.58. The predicted octanol–water partition coefficient (Wildman–Crippen LogP) is 4.36. The van der Waals surface area contributed by atoms with Crippen molar-refractivity contribution >= 4 is 40.5 Å². The Morgan fingerprint density at radius 3 is 2.03 bits per heavy atom. The van der Waals surface area contributed by atoms with Crippen LogP contribution in [0.25, 0.3) is 0 Å². The lowest BCUT2D eigenvalue weighted by molar-refractivity contribution is 0.0600. The van der Waals surface area contributed by atoms with Crippen LogP contribution < -0.4 is 15.4 Å². The maximum absolute atomic E-state index is 12.5. The average Bonchev–Trinajstić information content (AvgIpc) is 3.25. The molecule has 0 saturated carbocycles. The lowest BCUT2D eigenvalue weighted by Crippen LogP contribution is -2.12. The molecule has 0 aliphatic rings. The van der Waals surface area contributed by atoms with Gasteiger partial charge in [-0.2, -0.15) is 0 Å². The minimum Gasteiger partial charge on any atom is -0.497 e. The summed E-state index contributed by atoms with van der Waals surface area (Å²) in [5.41, 5.74) is 2.46. The first-order valence-corrected chi connectivity index (χ1v) is 9.78. The Hall–Kier alpha value is -3.65. The van der Waals surface area contributed by atoms with E-state index in [0.29, 0.717) is 32.4 Å². The number of hydrogen-bond donors (Lipinski definition) is 2. The zero-order valence-electron chi connectivity index (χ0n) is 16.6. The van der Waals surface area contributed by atoms with Gasteiger partial charge in [0, 0.05) is 11.4 Å². The van der Waals surface area contributed by atoms with Gasteiger partial charge in [-0.15, -0.1) is 11.3 Å². The number of thiophene rings is 1. The second kappa shape index (κ2) is 9.23. The highest BCUT2D eigenvalue weighted by molar-refractivity contribution is 7.16. The molecular formula is C22H20N2O5S. The molecular weight excluding hydrogens is 404 g/mol. The second-order valence-corrected chi connectivity index (χ2v) is 7.41. The van der Waals surface area contributed by atoms with E-state index in [2.05, 4.69) is 15.4 Å². The molecule has 1 heterocycles. The van der Waals surface area contributed by atoms with Crippen LogP contribution in [-0.2, 0) is 4.74 Å². The minimum absolute atomic E-state index is 0.297. The van der Waals surface area contributed by atoms with Gasteiger partial charge in [0.15, 0.2) is 0 Å². The Kier molecular flexibility index (Phi) is 6.48. The first-order valence-electron chi connectivity index (χ1n) is 8.97. The van der Waals surface area contributed by atoms with Crippen LogP contribution in [-0.4, -0.2) is 32.0 Å². The van der Waals surface area contributed by atoms with Gasteiger partial charge in [0.05, 0.1) is 29.5 Å². The number of carbonyl (C=O) groups excluding carboxylic acids is 3. The van der Waals surface area contributed by atoms with Crippen LogP contribution in [0.5, 0.6) is 5.75 Å². The topological polar surface area (TPSA) is 93.7 Å². The van der Waals surface area contributed by atoms with Crippen LogP contribution in [0.15, 0.2) is 54.6 Å². The molecule has 0 aliphatic carbocycles. The van der Waals surface area contributed by atoms with E-state index in [4.69, 9.17) is 4.74 Å². The van der Waals surface area contributed by atoms with Crippen LogP contribution in [0.4, 0.5) is 11.4 Å². The third kappa shape index (κ3) is 4.84. The van der Waals surface area contributed by atoms with Crippen molar-refractivity contribution < 1.29 is 23.9 Å². The molecule has 1 aromatic heterocycles. The van der Waals surface area contributed by atoms with Gasteiger partial charge in [-0.3, -0.25) is 9.59 Å². The molecule has 2 aromatic carbocycles. The Bertz CT molecular complexity index is 1090. The number of methoxy groups -OCH3 is 2. The van der Waals surface area contributed by atoms with Crippen LogP contribution in [0.1, 0.15) is 35.3 Å². The Labute approximate surface area is 177 Å². The van der Waals surface area contributed by atoms with Gasteiger partial charge in [0.1, 0.15) is 5.75 Å². The highest BCUT2D eigenvalue weighted by Gasteiger charge is 2.15. The minimum atomic E-state index is -0.450. The summed E-state index contributed by atoms with van der Waals surface area (Å²) in [6.45, 7) is 1.87. The molecule has 154 valence electrons. The van der Waals surface area contributed by atoms with E-state index >= 15 is 0 Å². The molecule has 0 aliphatic heterocycles. The third-order valence-corrected chi connectivity index (χ3v) is 5.38. The Balaban J connectivity index is 1.65. The molecule has 3 rings (SSSR count). The quantitative estimate of drug-likeness (QED) is 0.574. The van der Waals surface area contributed by atoms with E-state index in [1.807, 2.05) is 13.0 Å². The number of amides is 2. The van der Waals surface area contributed by atoms with Crippen molar-refractivity contribution in [3.63, 3.8) is 0 Å². The molecule has 8 heteroatoms. The lowest BCUT2D eigenvalue weighted by Gasteiger charge is -2.09. The fourth-order valence-corrected chi connectivity index (χ4v) is 3.47. The summed E-state index contributed by atoms with van der Waals surface area (Å²) in [6, 6.07) is 14.9. The molecule has 7 nitrogen and oxygen atoms in total. The van der Waals surface area contributed by atoms with Gasteiger partial charge in [-0.25, -0.2) is 4.79 Å². The van der Waals surface area contributed by atoms with Gasteiger partial charge < -0.3 is 20.1 Å². The third-order valence-electron chi connectivity index (χ3n) is 4.30. The zero-order valence-corrected chi connectivity index (χ0v) is 17.5. The second-order valence-electron chi connectivity index (χ2n) is 6.32. The molecule has 3 aromatic rings. The molecule has 0 unspecified atom stereocenters. The molecule has 0 radical (unpaired) electrons. The maximum Gasteiger partial charge on any atom is 0.337 e. The fraction of sp³-hybridized carbons (Fsp3) is 0.136. The number of carbonyl (C=O) groups is 3. The normalized spacial score (nSPS) is 10.2. The number of hydrogen-bond acceptors (Lipinski definition) is 6. The maximum atomic E-state index is 12.5. The van der Waals surface area contributed by atoms with Crippen molar-refractivity contribution in [3.05, 3.63) is 75.5 Å². The summed E-state index contributed by atoms with van der Waals surface area (Å²) < 4.78 is 9.81. The molecule has 0 saturated heterocycles.